The van der Waals surface area contributed by atoms with Gasteiger partial charge in [-0.25, -0.2) is 0 Å². The van der Waals surface area contributed by atoms with Crippen LogP contribution in [0.5, 0.6) is 0 Å². The number of hydrogen-bond donors (Lipinski definition) is 3. The van der Waals surface area contributed by atoms with Gasteiger partial charge >= 0.3 is 0 Å². The first-order valence-electron chi connectivity index (χ1n) is 6.73. The maximum Gasteiger partial charge on any atom is 0.269 e. The third-order valence-corrected chi connectivity index (χ3v) is 3.62. The van der Waals surface area contributed by atoms with Gasteiger partial charge in [0, 0.05) is 30.7 Å². The highest BCUT2D eigenvalue weighted by atomic mass is 16.2. The van der Waals surface area contributed by atoms with Gasteiger partial charge in [-0.2, -0.15) is 5.10 Å². The first-order valence-corrected chi connectivity index (χ1v) is 6.73. The maximum absolute atomic E-state index is 12.0. The van der Waals surface area contributed by atoms with Crippen molar-refractivity contribution in [2.24, 2.45) is 0 Å². The van der Waals surface area contributed by atoms with Gasteiger partial charge in [-0.15, -0.1) is 0 Å². The van der Waals surface area contributed by atoms with E-state index in [0.717, 1.165) is 25.9 Å². The van der Waals surface area contributed by atoms with Gasteiger partial charge in [0.2, 0.25) is 0 Å². The van der Waals surface area contributed by atoms with E-state index < -0.39 is 0 Å². The summed E-state index contributed by atoms with van der Waals surface area (Å²) in [5.74, 6) is 0.214. The van der Waals surface area contributed by atoms with Gasteiger partial charge in [0.1, 0.15) is 11.5 Å². The Morgan fingerprint density at radius 3 is 2.58 bits per heavy atom. The number of likely N-dealkylation sites (tertiary alicyclic amines) is 1. The third-order valence-electron chi connectivity index (χ3n) is 3.62. The van der Waals surface area contributed by atoms with E-state index in [1.165, 1.54) is 0 Å². The minimum Gasteiger partial charge on any atom is -0.382 e. The first kappa shape index (κ1) is 13.9. The van der Waals surface area contributed by atoms with Crippen molar-refractivity contribution in [3.8, 4) is 0 Å². The second-order valence-corrected chi connectivity index (χ2v) is 6.11. The average molecular weight is 265 g/mol. The normalized spacial score (nSPS) is 18.5. The van der Waals surface area contributed by atoms with Crippen LogP contribution < -0.4 is 11.1 Å². The third kappa shape index (κ3) is 3.47. The fourth-order valence-corrected chi connectivity index (χ4v) is 2.41. The summed E-state index contributed by atoms with van der Waals surface area (Å²) in [6, 6.07) is 1.79. The lowest BCUT2D eigenvalue weighted by Crippen LogP contribution is -2.50. The molecule has 1 aliphatic heterocycles. The molecule has 6 heteroatoms. The highest BCUT2D eigenvalue weighted by Crippen LogP contribution is 2.20. The molecule has 1 fully saturated rings. The van der Waals surface area contributed by atoms with E-state index in [9.17, 15) is 4.79 Å². The van der Waals surface area contributed by atoms with Crippen molar-refractivity contribution in [1.82, 2.24) is 20.4 Å². The van der Waals surface area contributed by atoms with Crippen LogP contribution >= 0.6 is 0 Å². The van der Waals surface area contributed by atoms with Crippen LogP contribution in [0, 0.1) is 0 Å². The van der Waals surface area contributed by atoms with Crippen LogP contribution in [0.2, 0.25) is 0 Å². The summed E-state index contributed by atoms with van der Waals surface area (Å²) in [4.78, 5) is 14.4. The number of anilines is 1. The van der Waals surface area contributed by atoms with E-state index in [2.05, 4.69) is 41.2 Å². The molecule has 2 rings (SSSR count). The number of nitrogens with one attached hydrogen (secondary N) is 2. The lowest BCUT2D eigenvalue weighted by atomic mass is 9.98. The molecule has 1 saturated heterocycles. The Bertz CT molecular complexity index is 440. The average Bonchev–Trinajstić information content (AvgIpc) is 2.75. The van der Waals surface area contributed by atoms with Gasteiger partial charge in [-0.1, -0.05) is 0 Å². The summed E-state index contributed by atoms with van der Waals surface area (Å²) >= 11 is 0. The number of H-pyrrole nitrogens is 1. The Morgan fingerprint density at radius 2 is 2.11 bits per heavy atom. The molecule has 0 bridgehead atoms. The van der Waals surface area contributed by atoms with Gasteiger partial charge in [0.15, 0.2) is 0 Å². The standard InChI is InChI=1S/C13H23N5O/c1-13(2,3)18-6-4-9(5-7-18)15-12(19)10-8-11(14)17-16-10/h8-9H,4-7H2,1-3H3,(H,15,19)(H3,14,16,17). The van der Waals surface area contributed by atoms with Crippen LogP contribution in [0.1, 0.15) is 44.1 Å². The van der Waals surface area contributed by atoms with Gasteiger partial charge < -0.3 is 11.1 Å². The number of amides is 1. The highest BCUT2D eigenvalue weighted by Gasteiger charge is 2.27. The molecule has 0 radical (unpaired) electrons. The Kier molecular flexibility index (Phi) is 3.80. The predicted octanol–water partition coefficient (Wildman–Crippen LogP) is 0.985. The zero-order chi connectivity index (χ0) is 14.0. The van der Waals surface area contributed by atoms with Crippen molar-refractivity contribution < 1.29 is 4.79 Å². The van der Waals surface area contributed by atoms with E-state index >= 15 is 0 Å². The Balaban J connectivity index is 1.84. The fraction of sp³-hybridized carbons (Fsp3) is 0.692. The van der Waals surface area contributed by atoms with Gasteiger partial charge in [-0.05, 0) is 33.6 Å². The van der Waals surface area contributed by atoms with Gasteiger partial charge in [-0.3, -0.25) is 14.8 Å². The number of carbonyl (C=O) groups excluding carboxylic acids is 1. The number of aromatic nitrogens is 2. The molecular weight excluding hydrogens is 242 g/mol. The van der Waals surface area contributed by atoms with Crippen LogP contribution in [0.3, 0.4) is 0 Å². The number of nitrogen functional groups attached to an aromatic ring is 1. The molecule has 1 amide bonds. The zero-order valence-corrected chi connectivity index (χ0v) is 11.9. The second kappa shape index (κ2) is 5.21. The van der Waals surface area contributed by atoms with Crippen molar-refractivity contribution in [2.75, 3.05) is 18.8 Å². The van der Waals surface area contributed by atoms with Crippen LogP contribution in [0.15, 0.2) is 6.07 Å². The first-order chi connectivity index (χ1) is 8.86. The van der Waals surface area contributed by atoms with E-state index in [1.54, 1.807) is 6.07 Å². The molecule has 106 valence electrons. The summed E-state index contributed by atoms with van der Waals surface area (Å²) in [6.07, 6.45) is 1.96. The molecule has 0 spiro atoms. The quantitative estimate of drug-likeness (QED) is 0.744. The summed E-state index contributed by atoms with van der Waals surface area (Å²) in [7, 11) is 0. The number of nitrogens with zero attached hydrogens (tertiary/aromatic N) is 2. The molecule has 4 N–H and O–H groups in total. The van der Waals surface area contributed by atoms with Crippen LogP contribution in [-0.4, -0.2) is 45.7 Å². The lowest BCUT2D eigenvalue weighted by Gasteiger charge is -2.40. The molecule has 0 unspecified atom stereocenters. The van der Waals surface area contributed by atoms with Crippen LogP contribution in [0.4, 0.5) is 5.82 Å². The van der Waals surface area contributed by atoms with Gasteiger partial charge in [0.05, 0.1) is 0 Å². The lowest BCUT2D eigenvalue weighted by molar-refractivity contribution is 0.0809. The minimum absolute atomic E-state index is 0.126. The topological polar surface area (TPSA) is 87.0 Å². The van der Waals surface area contributed by atoms with Crippen LogP contribution in [-0.2, 0) is 0 Å². The summed E-state index contributed by atoms with van der Waals surface area (Å²) in [5.41, 5.74) is 6.11. The number of aromatic amines is 1. The molecule has 6 nitrogen and oxygen atoms in total. The maximum atomic E-state index is 12.0. The molecule has 1 aliphatic rings. The fourth-order valence-electron chi connectivity index (χ4n) is 2.41. The van der Waals surface area contributed by atoms with E-state index in [-0.39, 0.29) is 17.5 Å². The SMILES string of the molecule is CC(C)(C)N1CCC(NC(=O)c2cc(N)n[nH]2)CC1. The molecule has 0 saturated carbocycles. The molecule has 2 heterocycles. The largest absolute Gasteiger partial charge is 0.382 e. The minimum atomic E-state index is -0.126. The van der Waals surface area contributed by atoms with E-state index in [0.29, 0.717) is 11.5 Å². The van der Waals surface area contributed by atoms with Crippen molar-refractivity contribution >= 4 is 11.7 Å². The van der Waals surface area contributed by atoms with Crippen molar-refractivity contribution in [1.29, 1.82) is 0 Å². The number of nitrogens with two attached hydrogens (primary N) is 1. The molecule has 0 atom stereocenters. The van der Waals surface area contributed by atoms with Crippen LogP contribution in [0.25, 0.3) is 0 Å². The zero-order valence-electron chi connectivity index (χ0n) is 11.9. The summed E-state index contributed by atoms with van der Waals surface area (Å²) in [6.45, 7) is 8.69. The number of rotatable bonds is 2. The Hall–Kier alpha value is -1.56. The van der Waals surface area contributed by atoms with Crippen molar-refractivity contribution in [3.05, 3.63) is 11.8 Å². The number of hydrogen-bond acceptors (Lipinski definition) is 4. The highest BCUT2D eigenvalue weighted by molar-refractivity contribution is 5.93. The second-order valence-electron chi connectivity index (χ2n) is 6.11. The monoisotopic (exact) mass is 265 g/mol. The molecular formula is C13H23N5O. The van der Waals surface area contributed by atoms with E-state index in [1.807, 2.05) is 0 Å². The molecule has 1 aromatic rings. The Labute approximate surface area is 113 Å². The molecule has 1 aromatic heterocycles. The predicted molar refractivity (Wildman–Crippen MR) is 74.8 cm³/mol. The number of piperidine rings is 1. The summed E-state index contributed by atoms with van der Waals surface area (Å²) in [5, 5.41) is 9.42. The summed E-state index contributed by atoms with van der Waals surface area (Å²) < 4.78 is 0. The molecule has 0 aromatic carbocycles. The van der Waals surface area contributed by atoms with Crippen molar-refractivity contribution in [3.63, 3.8) is 0 Å². The Morgan fingerprint density at radius 1 is 1.47 bits per heavy atom. The van der Waals surface area contributed by atoms with Gasteiger partial charge in [0.25, 0.3) is 5.91 Å². The molecule has 19 heavy (non-hydrogen) atoms. The van der Waals surface area contributed by atoms with E-state index in [4.69, 9.17) is 5.73 Å². The molecule has 0 aliphatic carbocycles. The number of carbonyl (C=O) groups is 1. The smallest absolute Gasteiger partial charge is 0.269 e. The van der Waals surface area contributed by atoms with Crippen molar-refractivity contribution in [2.45, 2.75) is 45.2 Å².